The lowest BCUT2D eigenvalue weighted by Crippen LogP contribution is -2.32. The minimum Gasteiger partial charge on any atom is -0.331 e. The number of hydrogen-bond acceptors (Lipinski definition) is 4. The Morgan fingerprint density at radius 3 is 2.48 bits per heavy atom. The molecule has 0 atom stereocenters. The zero-order valence-corrected chi connectivity index (χ0v) is 17.8. The van der Waals surface area contributed by atoms with Crippen molar-refractivity contribution in [1.29, 1.82) is 5.26 Å². The molecule has 0 heterocycles. The van der Waals surface area contributed by atoms with E-state index in [0.717, 1.165) is 5.56 Å². The van der Waals surface area contributed by atoms with Gasteiger partial charge in [0.15, 0.2) is 0 Å². The van der Waals surface area contributed by atoms with Gasteiger partial charge in [0.2, 0.25) is 10.0 Å². The van der Waals surface area contributed by atoms with Gasteiger partial charge < -0.3 is 4.90 Å². The van der Waals surface area contributed by atoms with Gasteiger partial charge in [-0.1, -0.05) is 29.8 Å². The number of benzene rings is 2. The fraction of sp³-hybridized carbons (Fsp3) is 0.238. The van der Waals surface area contributed by atoms with Crippen molar-refractivity contribution in [2.24, 2.45) is 0 Å². The number of carbonyl (C=O) groups is 1. The van der Waals surface area contributed by atoms with Crippen molar-refractivity contribution in [3.63, 3.8) is 0 Å². The van der Waals surface area contributed by atoms with E-state index >= 15 is 0 Å². The molecule has 152 valence electrons. The van der Waals surface area contributed by atoms with Gasteiger partial charge >= 0.3 is 0 Å². The summed E-state index contributed by atoms with van der Waals surface area (Å²) in [6.45, 7) is 7.61. The van der Waals surface area contributed by atoms with Crippen LogP contribution in [0.4, 0.5) is 0 Å². The molecule has 6 nitrogen and oxygen atoms in total. The highest BCUT2D eigenvalue weighted by atomic mass is 35.5. The van der Waals surface area contributed by atoms with E-state index in [1.54, 1.807) is 44.2 Å². The van der Waals surface area contributed by atoms with E-state index in [4.69, 9.17) is 16.9 Å². The third kappa shape index (κ3) is 5.91. The number of nitriles is 1. The predicted octanol–water partition coefficient (Wildman–Crippen LogP) is 3.73. The van der Waals surface area contributed by atoms with E-state index in [1.807, 2.05) is 6.07 Å². The van der Waals surface area contributed by atoms with Crippen molar-refractivity contribution in [1.82, 2.24) is 9.62 Å². The van der Waals surface area contributed by atoms with Gasteiger partial charge in [0.1, 0.15) is 0 Å². The number of carbonyl (C=O) groups excluding carboxylic acids is 1. The average molecular weight is 432 g/mol. The number of rotatable bonds is 8. The van der Waals surface area contributed by atoms with Gasteiger partial charge in [0.25, 0.3) is 5.91 Å². The van der Waals surface area contributed by atoms with E-state index in [-0.39, 0.29) is 34.6 Å². The summed E-state index contributed by atoms with van der Waals surface area (Å²) in [4.78, 5) is 14.6. The molecule has 2 aromatic carbocycles. The molecule has 0 unspecified atom stereocenters. The summed E-state index contributed by atoms with van der Waals surface area (Å²) in [6, 6.07) is 12.7. The number of sulfonamides is 1. The minimum absolute atomic E-state index is 0.0316. The topological polar surface area (TPSA) is 90.3 Å². The first-order valence-electron chi connectivity index (χ1n) is 8.89. The number of hydrogen-bond donors (Lipinski definition) is 1. The second-order valence-electron chi connectivity index (χ2n) is 6.70. The second kappa shape index (κ2) is 9.70. The lowest BCUT2D eigenvalue weighted by Gasteiger charge is -2.22. The monoisotopic (exact) mass is 431 g/mol. The predicted molar refractivity (Wildman–Crippen MR) is 113 cm³/mol. The number of amides is 1. The molecule has 0 aromatic heterocycles. The zero-order valence-electron chi connectivity index (χ0n) is 16.2. The Bertz CT molecular complexity index is 1040. The highest BCUT2D eigenvalue weighted by molar-refractivity contribution is 7.89. The molecule has 0 bridgehead atoms. The Hall–Kier alpha value is -2.66. The Morgan fingerprint density at radius 2 is 1.93 bits per heavy atom. The summed E-state index contributed by atoms with van der Waals surface area (Å²) in [5.74, 6) is -0.416. The van der Waals surface area contributed by atoms with Crippen LogP contribution in [0.3, 0.4) is 0 Å². The maximum absolute atomic E-state index is 13.1. The van der Waals surface area contributed by atoms with E-state index in [2.05, 4.69) is 11.3 Å². The van der Waals surface area contributed by atoms with Crippen LogP contribution in [0.2, 0.25) is 5.02 Å². The van der Waals surface area contributed by atoms with Crippen LogP contribution in [0.15, 0.2) is 60.0 Å². The van der Waals surface area contributed by atoms with Gasteiger partial charge in [-0.2, -0.15) is 5.26 Å². The van der Waals surface area contributed by atoms with Gasteiger partial charge in [-0.3, -0.25) is 4.79 Å². The molecule has 0 saturated heterocycles. The van der Waals surface area contributed by atoms with Crippen LogP contribution in [0.1, 0.15) is 35.3 Å². The van der Waals surface area contributed by atoms with E-state index in [9.17, 15) is 13.2 Å². The normalized spacial score (nSPS) is 11.1. The third-order valence-electron chi connectivity index (χ3n) is 3.96. The molecule has 29 heavy (non-hydrogen) atoms. The Labute approximate surface area is 176 Å². The molecule has 1 N–H and O–H groups in total. The van der Waals surface area contributed by atoms with Crippen LogP contribution in [0.25, 0.3) is 0 Å². The Balaban J connectivity index is 2.36. The van der Waals surface area contributed by atoms with Crippen LogP contribution >= 0.6 is 11.6 Å². The maximum Gasteiger partial charge on any atom is 0.255 e. The van der Waals surface area contributed by atoms with Gasteiger partial charge in [-0.05, 0) is 49.7 Å². The van der Waals surface area contributed by atoms with Crippen LogP contribution in [-0.2, 0) is 16.6 Å². The Morgan fingerprint density at radius 1 is 1.28 bits per heavy atom. The van der Waals surface area contributed by atoms with Gasteiger partial charge in [-0.25, -0.2) is 13.1 Å². The quantitative estimate of drug-likeness (QED) is 0.645. The van der Waals surface area contributed by atoms with Crippen molar-refractivity contribution < 1.29 is 13.2 Å². The molecular formula is C21H22ClN3O3S. The highest BCUT2D eigenvalue weighted by Gasteiger charge is 2.22. The average Bonchev–Trinajstić information content (AvgIpc) is 2.67. The summed E-state index contributed by atoms with van der Waals surface area (Å²) >= 11 is 6.21. The SMILES string of the molecule is C=CCN(Cc1ccc(C#N)cc1)C(=O)c1cc(S(=O)(=O)NC(C)C)ccc1Cl. The van der Waals surface area contributed by atoms with E-state index in [0.29, 0.717) is 5.56 Å². The first kappa shape index (κ1) is 22.6. The molecule has 0 aliphatic rings. The smallest absolute Gasteiger partial charge is 0.255 e. The van der Waals surface area contributed by atoms with Crippen LogP contribution in [0, 0.1) is 11.3 Å². The third-order valence-corrected chi connectivity index (χ3v) is 5.95. The molecule has 2 aromatic rings. The van der Waals surface area contributed by atoms with Crippen LogP contribution in [0.5, 0.6) is 0 Å². The second-order valence-corrected chi connectivity index (χ2v) is 8.82. The fourth-order valence-corrected chi connectivity index (χ4v) is 4.14. The summed E-state index contributed by atoms with van der Waals surface area (Å²) in [5, 5.41) is 9.07. The summed E-state index contributed by atoms with van der Waals surface area (Å²) in [5.41, 5.74) is 1.43. The maximum atomic E-state index is 13.1. The van der Waals surface area contributed by atoms with E-state index < -0.39 is 15.9 Å². The minimum atomic E-state index is -3.77. The molecule has 0 saturated carbocycles. The molecule has 2 rings (SSSR count). The highest BCUT2D eigenvalue weighted by Crippen LogP contribution is 2.23. The molecule has 0 fully saturated rings. The summed E-state index contributed by atoms with van der Waals surface area (Å²) < 4.78 is 27.4. The van der Waals surface area contributed by atoms with Gasteiger partial charge in [0.05, 0.1) is 27.1 Å². The molecular weight excluding hydrogens is 410 g/mol. The van der Waals surface area contributed by atoms with Crippen molar-refractivity contribution in [3.05, 3.63) is 76.8 Å². The first-order valence-corrected chi connectivity index (χ1v) is 10.7. The van der Waals surface area contributed by atoms with Crippen LogP contribution < -0.4 is 4.72 Å². The lowest BCUT2D eigenvalue weighted by atomic mass is 10.1. The van der Waals surface area contributed by atoms with E-state index in [1.165, 1.54) is 23.1 Å². The van der Waals surface area contributed by atoms with Crippen molar-refractivity contribution in [3.8, 4) is 6.07 Å². The molecule has 0 aliphatic carbocycles. The Kier molecular flexibility index (Phi) is 7.57. The molecule has 0 radical (unpaired) electrons. The van der Waals surface area contributed by atoms with Gasteiger partial charge in [-0.15, -0.1) is 6.58 Å². The van der Waals surface area contributed by atoms with Crippen molar-refractivity contribution in [2.45, 2.75) is 31.3 Å². The fourth-order valence-electron chi connectivity index (χ4n) is 2.66. The molecule has 0 aliphatic heterocycles. The zero-order chi connectivity index (χ0) is 21.6. The number of halogens is 1. The van der Waals surface area contributed by atoms with Crippen LogP contribution in [-0.4, -0.2) is 31.8 Å². The lowest BCUT2D eigenvalue weighted by molar-refractivity contribution is 0.0762. The molecule has 1 amide bonds. The van der Waals surface area contributed by atoms with Gasteiger partial charge in [0, 0.05) is 19.1 Å². The summed E-state index contributed by atoms with van der Waals surface area (Å²) in [6.07, 6.45) is 1.58. The number of nitrogens with zero attached hydrogens (tertiary/aromatic N) is 2. The van der Waals surface area contributed by atoms with Crippen molar-refractivity contribution >= 4 is 27.5 Å². The van der Waals surface area contributed by atoms with Crippen molar-refractivity contribution in [2.75, 3.05) is 6.54 Å². The summed E-state index contributed by atoms with van der Waals surface area (Å²) in [7, 11) is -3.77. The standard InChI is InChI=1S/C21H22ClN3O3S/c1-4-11-25(14-17-7-5-16(13-23)6-8-17)21(26)19-12-18(9-10-20(19)22)29(27,28)24-15(2)3/h4-10,12,15,24H,1,11,14H2,2-3H3. The first-order chi connectivity index (χ1) is 13.7. The molecule has 8 heteroatoms. The molecule has 0 spiro atoms. The number of nitrogens with one attached hydrogen (secondary N) is 1. The largest absolute Gasteiger partial charge is 0.331 e.